The van der Waals surface area contributed by atoms with E-state index in [1.165, 1.54) is 11.0 Å². The number of piperidine rings is 2. The van der Waals surface area contributed by atoms with Crippen LogP contribution in [0.4, 0.5) is 8.78 Å². The molecule has 2 N–H and O–H groups in total. The Morgan fingerprint density at radius 2 is 1.96 bits per heavy atom. The molecule has 0 bridgehead atoms. The molecule has 9 heteroatoms. The normalized spacial score (nSPS) is 22.6. The van der Waals surface area contributed by atoms with Crippen LogP contribution in [0.5, 0.6) is 0 Å². The van der Waals surface area contributed by atoms with Gasteiger partial charge in [-0.2, -0.15) is 0 Å². The smallest absolute Gasteiger partial charge is 0.272 e. The molecule has 0 saturated carbocycles. The zero-order chi connectivity index (χ0) is 20.4. The van der Waals surface area contributed by atoms with Crippen molar-refractivity contribution in [1.82, 2.24) is 15.1 Å². The predicted molar refractivity (Wildman–Crippen MR) is 101 cm³/mol. The van der Waals surface area contributed by atoms with Crippen molar-refractivity contribution < 1.29 is 18.4 Å². The van der Waals surface area contributed by atoms with Crippen LogP contribution < -0.4 is 5.32 Å². The van der Waals surface area contributed by atoms with E-state index in [-0.39, 0.29) is 47.4 Å². The third-order valence-electron chi connectivity index (χ3n) is 5.13. The van der Waals surface area contributed by atoms with Crippen LogP contribution in [-0.4, -0.2) is 53.5 Å². The Hall–Kier alpha value is -2.48. The van der Waals surface area contributed by atoms with Crippen LogP contribution in [0.15, 0.2) is 28.9 Å². The summed E-state index contributed by atoms with van der Waals surface area (Å²) in [5, 5.41) is 10.9. The first-order valence-corrected chi connectivity index (χ1v) is 9.39. The third-order valence-corrected chi connectivity index (χ3v) is 5.50. The van der Waals surface area contributed by atoms with Crippen LogP contribution in [0.3, 0.4) is 0 Å². The number of carbonyl (C=O) groups excluding carboxylic acids is 2. The Labute approximate surface area is 166 Å². The van der Waals surface area contributed by atoms with E-state index in [1.807, 2.05) is 0 Å². The minimum absolute atomic E-state index is 0.00717. The van der Waals surface area contributed by atoms with Gasteiger partial charge in [0, 0.05) is 37.8 Å². The van der Waals surface area contributed by atoms with Crippen molar-refractivity contribution in [2.75, 3.05) is 20.1 Å². The standard InChI is InChI=1S/C19H21ClF2N4O2/c1-25-8-3-6-15(18(25)27)26-9-7-11(16(23)19(26)28)17(20)24-10-12-13(21)4-2-5-14(12)22/h2,4-5,15,23-24H,3,6-10H2,1H3/b17-11-,23-16?. The molecule has 1 aromatic rings. The number of nitrogens with zero attached hydrogens (tertiary/aromatic N) is 2. The Morgan fingerprint density at radius 1 is 1.29 bits per heavy atom. The first-order chi connectivity index (χ1) is 13.3. The molecule has 0 radical (unpaired) electrons. The number of likely N-dealkylation sites (tertiary alicyclic amines) is 2. The minimum Gasteiger partial charge on any atom is -0.371 e. The summed E-state index contributed by atoms with van der Waals surface area (Å²) in [6, 6.07) is 2.99. The first kappa shape index (κ1) is 20.3. The van der Waals surface area contributed by atoms with Gasteiger partial charge >= 0.3 is 0 Å². The van der Waals surface area contributed by atoms with Gasteiger partial charge in [0.2, 0.25) is 5.91 Å². The number of halogens is 3. The highest BCUT2D eigenvalue weighted by atomic mass is 35.5. The van der Waals surface area contributed by atoms with Crippen molar-refractivity contribution in [3.63, 3.8) is 0 Å². The van der Waals surface area contributed by atoms with Crippen LogP contribution in [0.2, 0.25) is 0 Å². The second-order valence-electron chi connectivity index (χ2n) is 6.89. The zero-order valence-corrected chi connectivity index (χ0v) is 16.2. The Balaban J connectivity index is 1.72. The number of carbonyl (C=O) groups is 2. The van der Waals surface area contributed by atoms with E-state index in [0.29, 0.717) is 13.0 Å². The van der Waals surface area contributed by atoms with E-state index in [0.717, 1.165) is 18.6 Å². The molecule has 0 aliphatic carbocycles. The zero-order valence-electron chi connectivity index (χ0n) is 15.4. The highest BCUT2D eigenvalue weighted by Crippen LogP contribution is 2.25. The SMILES string of the molecule is CN1CCCC(N2CC/C(=C(\Cl)NCc3c(F)cccc3F)C(=N)C2=O)C1=O. The molecule has 28 heavy (non-hydrogen) atoms. The Kier molecular flexibility index (Phi) is 5.98. The molecule has 0 spiro atoms. The van der Waals surface area contributed by atoms with Gasteiger partial charge in [0.25, 0.3) is 5.91 Å². The summed E-state index contributed by atoms with van der Waals surface area (Å²) in [6.45, 7) is 0.701. The van der Waals surface area contributed by atoms with Gasteiger partial charge < -0.3 is 15.1 Å². The summed E-state index contributed by atoms with van der Waals surface area (Å²) in [5.74, 6) is -2.10. The lowest BCUT2D eigenvalue weighted by Gasteiger charge is -2.39. The van der Waals surface area contributed by atoms with Crippen molar-refractivity contribution in [2.45, 2.75) is 31.8 Å². The number of nitrogens with one attached hydrogen (secondary N) is 2. The van der Waals surface area contributed by atoms with Gasteiger partial charge in [0.05, 0.1) is 0 Å². The highest BCUT2D eigenvalue weighted by Gasteiger charge is 2.39. The molecule has 2 fully saturated rings. The van der Waals surface area contributed by atoms with E-state index in [9.17, 15) is 18.4 Å². The lowest BCUT2D eigenvalue weighted by molar-refractivity contribution is -0.144. The number of hydrogen-bond acceptors (Lipinski definition) is 4. The molecular weight excluding hydrogens is 390 g/mol. The predicted octanol–water partition coefficient (Wildman–Crippen LogP) is 2.38. The fourth-order valence-corrected chi connectivity index (χ4v) is 3.78. The average molecular weight is 411 g/mol. The van der Waals surface area contributed by atoms with Crippen molar-refractivity contribution in [2.24, 2.45) is 0 Å². The molecule has 2 amide bonds. The lowest BCUT2D eigenvalue weighted by atomic mass is 9.96. The Bertz CT molecular complexity index is 838. The van der Waals surface area contributed by atoms with Crippen LogP contribution in [0.25, 0.3) is 0 Å². The summed E-state index contributed by atoms with van der Waals surface area (Å²) < 4.78 is 27.5. The molecule has 150 valence electrons. The van der Waals surface area contributed by atoms with E-state index in [2.05, 4.69) is 5.32 Å². The Morgan fingerprint density at radius 3 is 2.64 bits per heavy atom. The topological polar surface area (TPSA) is 76.5 Å². The summed E-state index contributed by atoms with van der Waals surface area (Å²) in [4.78, 5) is 28.0. The maximum absolute atomic E-state index is 13.7. The number of rotatable bonds is 4. The van der Waals surface area contributed by atoms with Gasteiger partial charge in [0.15, 0.2) is 0 Å². The largest absolute Gasteiger partial charge is 0.371 e. The van der Waals surface area contributed by atoms with Crippen LogP contribution in [0.1, 0.15) is 24.8 Å². The molecule has 1 unspecified atom stereocenters. The molecule has 1 aromatic carbocycles. The second-order valence-corrected chi connectivity index (χ2v) is 7.27. The summed E-state index contributed by atoms with van der Waals surface area (Å²) in [7, 11) is 1.70. The van der Waals surface area contributed by atoms with Gasteiger partial charge in [-0.25, -0.2) is 8.78 Å². The summed E-state index contributed by atoms with van der Waals surface area (Å²) in [6.07, 6.45) is 1.65. The van der Waals surface area contributed by atoms with Crippen molar-refractivity contribution in [3.05, 3.63) is 46.1 Å². The molecule has 0 aromatic heterocycles. The third kappa shape index (κ3) is 3.87. The molecule has 2 aliphatic rings. The number of likely N-dealkylation sites (N-methyl/N-ethyl adjacent to an activating group) is 1. The number of benzene rings is 1. The fourth-order valence-electron chi connectivity index (χ4n) is 3.52. The van der Waals surface area contributed by atoms with Gasteiger partial charge in [-0.1, -0.05) is 17.7 Å². The molecule has 6 nitrogen and oxygen atoms in total. The second kappa shape index (κ2) is 8.26. The minimum atomic E-state index is -0.706. The van der Waals surface area contributed by atoms with Crippen molar-refractivity contribution in [1.29, 1.82) is 5.41 Å². The molecule has 2 saturated heterocycles. The highest BCUT2D eigenvalue weighted by molar-refractivity contribution is 6.47. The van der Waals surface area contributed by atoms with Gasteiger partial charge in [0.1, 0.15) is 28.5 Å². The number of hydrogen-bond donors (Lipinski definition) is 2. The maximum Gasteiger partial charge on any atom is 0.272 e. The lowest BCUT2D eigenvalue weighted by Crippen LogP contribution is -2.56. The van der Waals surface area contributed by atoms with Gasteiger partial charge in [-0.05, 0) is 31.4 Å². The first-order valence-electron chi connectivity index (χ1n) is 9.01. The van der Waals surface area contributed by atoms with Gasteiger partial charge in [-0.15, -0.1) is 0 Å². The summed E-state index contributed by atoms with van der Waals surface area (Å²) >= 11 is 6.20. The average Bonchev–Trinajstić information content (AvgIpc) is 2.66. The van der Waals surface area contributed by atoms with E-state index < -0.39 is 23.6 Å². The van der Waals surface area contributed by atoms with E-state index in [4.69, 9.17) is 17.0 Å². The number of amides is 2. The van der Waals surface area contributed by atoms with Crippen molar-refractivity contribution in [3.8, 4) is 0 Å². The van der Waals surface area contributed by atoms with Crippen molar-refractivity contribution >= 4 is 29.1 Å². The monoisotopic (exact) mass is 410 g/mol. The molecule has 2 aliphatic heterocycles. The molecule has 2 heterocycles. The van der Waals surface area contributed by atoms with Crippen LogP contribution in [-0.2, 0) is 16.1 Å². The van der Waals surface area contributed by atoms with E-state index >= 15 is 0 Å². The van der Waals surface area contributed by atoms with E-state index in [1.54, 1.807) is 11.9 Å². The quantitative estimate of drug-likeness (QED) is 0.748. The maximum atomic E-state index is 13.7. The fraction of sp³-hybridized carbons (Fsp3) is 0.421. The molecule has 1 atom stereocenters. The van der Waals surface area contributed by atoms with Crippen LogP contribution in [0, 0.1) is 17.0 Å². The van der Waals surface area contributed by atoms with Crippen LogP contribution >= 0.6 is 11.6 Å². The van der Waals surface area contributed by atoms with Gasteiger partial charge in [-0.3, -0.25) is 15.0 Å². The summed E-state index contributed by atoms with van der Waals surface area (Å²) in [5.41, 5.74) is -0.206. The molecule has 3 rings (SSSR count). The molecular formula is C19H21ClF2N4O2.